The van der Waals surface area contributed by atoms with Crippen molar-refractivity contribution in [3.63, 3.8) is 0 Å². The van der Waals surface area contributed by atoms with Crippen molar-refractivity contribution in [2.45, 2.75) is 0 Å². The number of fused-ring (bicyclic) bond motifs is 12. The molecule has 0 radical (unpaired) electrons. The molecule has 0 amide bonds. The van der Waals surface area contributed by atoms with E-state index in [2.05, 4.69) is 103 Å². The lowest BCUT2D eigenvalue weighted by Gasteiger charge is -2.10. The van der Waals surface area contributed by atoms with Gasteiger partial charge in [0.2, 0.25) is 11.4 Å². The van der Waals surface area contributed by atoms with Crippen LogP contribution in [-0.4, -0.2) is 9.13 Å². The Morgan fingerprint density at radius 2 is 1.12 bits per heavy atom. The van der Waals surface area contributed by atoms with Crippen molar-refractivity contribution in [2.24, 2.45) is 0 Å². The molecule has 0 saturated carbocycles. The lowest BCUT2D eigenvalue weighted by atomic mass is 10.1. The van der Waals surface area contributed by atoms with E-state index in [0.717, 1.165) is 71.1 Å². The van der Waals surface area contributed by atoms with E-state index >= 15 is 0 Å². The van der Waals surface area contributed by atoms with Crippen molar-refractivity contribution in [3.8, 4) is 11.4 Å². The van der Waals surface area contributed by atoms with E-state index in [9.17, 15) is 0 Å². The summed E-state index contributed by atoms with van der Waals surface area (Å²) < 4.78 is 13.3. The van der Waals surface area contributed by atoms with Crippen LogP contribution in [-0.2, 0) is 0 Å². The molecule has 4 heterocycles. The van der Waals surface area contributed by atoms with Gasteiger partial charge in [0.1, 0.15) is 11.2 Å². The van der Waals surface area contributed by atoms with Crippen LogP contribution in [0.15, 0.2) is 132 Å². The number of benzene rings is 7. The molecule has 0 spiro atoms. The van der Waals surface area contributed by atoms with Gasteiger partial charge < -0.3 is 13.6 Å². The maximum absolute atomic E-state index is 8.33. The van der Waals surface area contributed by atoms with Gasteiger partial charge in [-0.3, -0.25) is 0 Å². The predicted octanol–water partition coefficient (Wildman–Crippen LogP) is 13.8. The van der Waals surface area contributed by atoms with Crippen LogP contribution in [0.25, 0.3) is 112 Å². The first kappa shape index (κ1) is 28.5. The molecular weight excluding hydrogens is 659 g/mol. The average Bonchev–Trinajstić information content (AvgIpc) is 3.94. The second-order valence-electron chi connectivity index (χ2n) is 13.0. The molecule has 0 aliphatic carbocycles. The van der Waals surface area contributed by atoms with Crippen molar-refractivity contribution in [1.29, 1.82) is 0 Å². The number of hydrogen-bond donors (Lipinski definition) is 0. The molecule has 52 heavy (non-hydrogen) atoms. The van der Waals surface area contributed by atoms with Crippen molar-refractivity contribution in [1.82, 2.24) is 9.13 Å². The van der Waals surface area contributed by atoms with Crippen LogP contribution in [0, 0.1) is 19.7 Å². The number of thiophene rings is 1. The van der Waals surface area contributed by atoms with Crippen molar-refractivity contribution >= 4 is 114 Å². The first-order valence-electron chi connectivity index (χ1n) is 16.7. The maximum atomic E-state index is 8.33. The van der Waals surface area contributed by atoms with Crippen LogP contribution in [0.4, 0.5) is 17.1 Å². The van der Waals surface area contributed by atoms with E-state index < -0.39 is 0 Å². The van der Waals surface area contributed by atoms with Gasteiger partial charge in [0.15, 0.2) is 5.69 Å². The van der Waals surface area contributed by atoms with Crippen molar-refractivity contribution in [3.05, 3.63) is 162 Å². The second kappa shape index (κ2) is 10.3. The molecule has 11 rings (SSSR count). The largest absolute Gasteiger partial charge is 0.478 e. The average molecular weight is 680 g/mol. The minimum atomic E-state index is 0.435. The topological polar surface area (TPSA) is 36.1 Å². The molecule has 0 saturated heterocycles. The summed E-state index contributed by atoms with van der Waals surface area (Å²) in [4.78, 5) is 11.4. The molecule has 7 aromatic carbocycles. The van der Waals surface area contributed by atoms with Crippen molar-refractivity contribution < 1.29 is 4.42 Å². The van der Waals surface area contributed by atoms with Gasteiger partial charge in [-0.25, -0.2) is 14.5 Å². The van der Waals surface area contributed by atoms with Crippen LogP contribution in [0.2, 0.25) is 0 Å². The summed E-state index contributed by atoms with van der Waals surface area (Å²) in [6.45, 7) is 23.6. The first-order valence-corrected chi connectivity index (χ1v) is 17.5. The molecule has 0 N–H and O–H groups in total. The molecule has 0 unspecified atom stereocenters. The highest BCUT2D eigenvalue weighted by Crippen LogP contribution is 2.47. The molecule has 4 aromatic heterocycles. The molecule has 0 bridgehead atoms. The number of furan rings is 1. The summed E-state index contributed by atoms with van der Waals surface area (Å²) in [7, 11) is 0. The molecular formula is C45H21N5OS. The quantitative estimate of drug-likeness (QED) is 0.168. The Bertz CT molecular complexity index is 3520. The number of nitrogens with zero attached hydrogens (tertiary/aromatic N) is 5. The van der Waals surface area contributed by atoms with Crippen LogP contribution in [0.3, 0.4) is 0 Å². The van der Waals surface area contributed by atoms with Gasteiger partial charge in [-0.1, -0.05) is 60.7 Å². The molecule has 11 aromatic rings. The van der Waals surface area contributed by atoms with E-state index in [0.29, 0.717) is 28.2 Å². The van der Waals surface area contributed by atoms with E-state index in [1.54, 1.807) is 17.4 Å². The Balaban J connectivity index is 1.19. The summed E-state index contributed by atoms with van der Waals surface area (Å²) in [5.41, 5.74) is 8.69. The summed E-state index contributed by atoms with van der Waals surface area (Å²) in [6, 6.07) is 43.6. The third-order valence-corrected chi connectivity index (χ3v) is 11.5. The Morgan fingerprint density at radius 3 is 1.83 bits per heavy atom. The molecule has 0 aliphatic rings. The highest BCUT2D eigenvalue weighted by atomic mass is 32.1. The fraction of sp³-hybridized carbons (Fsp3) is 0. The van der Waals surface area contributed by atoms with Crippen LogP contribution >= 0.6 is 11.3 Å². The number of rotatable bonds is 2. The zero-order chi connectivity index (χ0) is 34.7. The van der Waals surface area contributed by atoms with Gasteiger partial charge in [0.25, 0.3) is 0 Å². The van der Waals surface area contributed by atoms with E-state index in [-0.39, 0.29) is 0 Å². The summed E-state index contributed by atoms with van der Waals surface area (Å²) >= 11 is 1.78. The standard InChI is InChI=1S/C45H21N5OS/c1-46-25-15-18-38-31(21-25)28-9-4-6-13-36(28)49(38)26-16-19-40-32(22-26)33-23-27(17-20-41(33)52-40)50-37-14-7-5-10-30(37)42-39(50)24-34-29-11-8-12-35(47-2)44(29)51-45(34)43(42)48-3/h4-24H. The van der Waals surface area contributed by atoms with E-state index in [4.69, 9.17) is 24.1 Å². The van der Waals surface area contributed by atoms with E-state index in [1.165, 1.54) is 14.8 Å². The first-order chi connectivity index (χ1) is 25.6. The van der Waals surface area contributed by atoms with Crippen LogP contribution in [0.1, 0.15) is 0 Å². The molecule has 0 aliphatic heterocycles. The normalized spacial score (nSPS) is 11.8. The third-order valence-electron chi connectivity index (χ3n) is 10.3. The maximum Gasteiger partial charge on any atom is 0.239 e. The van der Waals surface area contributed by atoms with Gasteiger partial charge in [0.05, 0.1) is 36.3 Å². The second-order valence-corrected chi connectivity index (χ2v) is 14.0. The fourth-order valence-electron chi connectivity index (χ4n) is 8.15. The lowest BCUT2D eigenvalue weighted by Crippen LogP contribution is -1.94. The van der Waals surface area contributed by atoms with Gasteiger partial charge in [-0.05, 0) is 77.5 Å². The lowest BCUT2D eigenvalue weighted by molar-refractivity contribution is 0.673. The van der Waals surface area contributed by atoms with Gasteiger partial charge in [-0.2, -0.15) is 0 Å². The Labute approximate surface area is 299 Å². The Hall–Kier alpha value is -7.37. The zero-order valence-corrected chi connectivity index (χ0v) is 28.0. The highest BCUT2D eigenvalue weighted by molar-refractivity contribution is 7.25. The molecule has 0 fully saturated rings. The molecule has 7 heteroatoms. The van der Waals surface area contributed by atoms with Crippen LogP contribution < -0.4 is 0 Å². The Kier molecular flexibility index (Phi) is 5.65. The number of para-hydroxylation sites is 3. The number of hydrogen-bond acceptors (Lipinski definition) is 2. The Morgan fingerprint density at radius 1 is 0.462 bits per heavy atom. The van der Waals surface area contributed by atoms with Crippen LogP contribution in [0.5, 0.6) is 0 Å². The highest BCUT2D eigenvalue weighted by Gasteiger charge is 2.23. The summed E-state index contributed by atoms with van der Waals surface area (Å²) in [5.74, 6) is 0. The van der Waals surface area contributed by atoms with Gasteiger partial charge >= 0.3 is 0 Å². The molecule has 0 atom stereocenters. The minimum absolute atomic E-state index is 0.435. The van der Waals surface area contributed by atoms with E-state index in [1.807, 2.05) is 42.5 Å². The summed E-state index contributed by atoms with van der Waals surface area (Å²) in [6.07, 6.45) is 0. The third kappa shape index (κ3) is 3.68. The SMILES string of the molecule is [C-]#[N+]c1ccc2c(c1)c1ccccc1n2-c1ccc2sc3ccc(-n4c5ccccc5c5c([N+]#[C-])c6oc7c([N+]#[C-])cccc7c6cc54)cc3c2c1. The summed E-state index contributed by atoms with van der Waals surface area (Å²) in [5, 5.41) is 7.98. The zero-order valence-electron chi connectivity index (χ0n) is 27.2. The smallest absolute Gasteiger partial charge is 0.239 e. The van der Waals surface area contributed by atoms with Gasteiger partial charge in [-0.15, -0.1) is 11.3 Å². The fourth-order valence-corrected chi connectivity index (χ4v) is 9.22. The number of aromatic nitrogens is 2. The van der Waals surface area contributed by atoms with Crippen molar-refractivity contribution in [2.75, 3.05) is 0 Å². The molecule has 6 nitrogen and oxygen atoms in total. The minimum Gasteiger partial charge on any atom is -0.478 e. The molecule has 238 valence electrons. The monoisotopic (exact) mass is 679 g/mol. The predicted molar refractivity (Wildman–Crippen MR) is 214 cm³/mol. The van der Waals surface area contributed by atoms with Gasteiger partial charge in [0, 0.05) is 58.6 Å².